The van der Waals surface area contributed by atoms with Gasteiger partial charge in [-0.1, -0.05) is 0 Å². The van der Waals surface area contributed by atoms with Crippen LogP contribution >= 0.6 is 11.8 Å². The lowest BCUT2D eigenvalue weighted by molar-refractivity contribution is -0.153. The summed E-state index contributed by atoms with van der Waals surface area (Å²) < 4.78 is 68.4. The van der Waals surface area contributed by atoms with E-state index in [1.807, 2.05) is 4.90 Å². The number of piperidine rings is 1. The van der Waals surface area contributed by atoms with Gasteiger partial charge in [-0.25, -0.2) is 17.6 Å². The van der Waals surface area contributed by atoms with E-state index in [4.69, 9.17) is 9.47 Å². The summed E-state index contributed by atoms with van der Waals surface area (Å²) in [5, 5.41) is 10.9. The number of carboxylic acids is 1. The average molecular weight is 636 g/mol. The molecular weight excluding hydrogens is 598 g/mol. The molecule has 2 saturated heterocycles. The molecule has 0 saturated carbocycles. The van der Waals surface area contributed by atoms with E-state index < -0.39 is 35.0 Å². The Kier molecular flexibility index (Phi) is 10.7. The first-order chi connectivity index (χ1) is 21.2. The molecule has 1 atom stereocenters. The lowest BCUT2D eigenvalue weighted by atomic mass is 9.74. The number of pyridine rings is 1. The van der Waals surface area contributed by atoms with Crippen LogP contribution in [0.15, 0.2) is 41.4 Å². The molecule has 0 unspecified atom stereocenters. The molecule has 0 aliphatic carbocycles. The summed E-state index contributed by atoms with van der Waals surface area (Å²) in [5.74, 6) is -2.84. The number of halogens is 4. The summed E-state index contributed by atoms with van der Waals surface area (Å²) in [7, 11) is 1.56. The molecule has 3 heterocycles. The molecule has 238 valence electrons. The van der Waals surface area contributed by atoms with Crippen molar-refractivity contribution < 1.29 is 36.9 Å². The summed E-state index contributed by atoms with van der Waals surface area (Å²) in [5.41, 5.74) is 0.865. The Balaban J connectivity index is 1.25. The zero-order valence-corrected chi connectivity index (χ0v) is 25.5. The molecule has 44 heavy (non-hydrogen) atoms. The molecule has 12 heteroatoms. The van der Waals surface area contributed by atoms with Gasteiger partial charge in [-0.05, 0) is 62.5 Å². The van der Waals surface area contributed by atoms with Crippen molar-refractivity contribution in [1.82, 2.24) is 14.8 Å². The molecular formula is C32H37F4N3O4S. The SMILES string of the molecule is COc1ccc2ncc(CN3CCOCC3)c([C@H](F)CCC3(C(=O)O)CCN(CCSc4c(F)cc(F)cc4F)CC3)c2c1. The van der Waals surface area contributed by atoms with E-state index in [2.05, 4.69) is 9.88 Å². The number of nitrogens with zero attached hydrogens (tertiary/aromatic N) is 3. The number of carboxylic acid groups (broad SMARTS) is 1. The first-order valence-electron chi connectivity index (χ1n) is 14.8. The lowest BCUT2D eigenvalue weighted by Crippen LogP contribution is -2.45. The minimum Gasteiger partial charge on any atom is -0.497 e. The van der Waals surface area contributed by atoms with Crippen LogP contribution in [0.1, 0.15) is 43.0 Å². The normalized spacial score (nSPS) is 18.4. The highest BCUT2D eigenvalue weighted by Crippen LogP contribution is 2.42. The predicted octanol–water partition coefficient (Wildman–Crippen LogP) is 6.24. The van der Waals surface area contributed by atoms with Gasteiger partial charge in [0.2, 0.25) is 0 Å². The fourth-order valence-corrected chi connectivity index (χ4v) is 7.07. The fourth-order valence-electron chi connectivity index (χ4n) is 6.12. The van der Waals surface area contributed by atoms with E-state index in [0.29, 0.717) is 92.3 Å². The quantitative estimate of drug-likeness (QED) is 0.185. The molecule has 0 amide bonds. The minimum absolute atomic E-state index is 0.0394. The number of alkyl halides is 1. The number of benzene rings is 2. The smallest absolute Gasteiger partial charge is 0.309 e. The molecule has 2 fully saturated rings. The number of morpholine rings is 1. The summed E-state index contributed by atoms with van der Waals surface area (Å²) in [6, 6.07) is 6.69. The van der Waals surface area contributed by atoms with Gasteiger partial charge in [0.1, 0.15) is 29.4 Å². The molecule has 5 rings (SSSR count). The number of methoxy groups -OCH3 is 1. The predicted molar refractivity (Wildman–Crippen MR) is 160 cm³/mol. The molecule has 7 nitrogen and oxygen atoms in total. The molecule has 0 radical (unpaired) electrons. The van der Waals surface area contributed by atoms with Crippen molar-refractivity contribution in [2.75, 3.05) is 58.8 Å². The maximum Gasteiger partial charge on any atom is 0.309 e. The Morgan fingerprint density at radius 2 is 1.80 bits per heavy atom. The van der Waals surface area contributed by atoms with E-state index in [0.717, 1.165) is 30.4 Å². The average Bonchev–Trinajstić information content (AvgIpc) is 3.01. The molecule has 0 spiro atoms. The van der Waals surface area contributed by atoms with Gasteiger partial charge >= 0.3 is 5.97 Å². The number of ether oxygens (including phenoxy) is 2. The number of rotatable bonds is 12. The highest BCUT2D eigenvalue weighted by atomic mass is 32.2. The van der Waals surface area contributed by atoms with Gasteiger partial charge in [0.05, 0.1) is 36.2 Å². The number of aromatic nitrogens is 1. The fraction of sp³-hybridized carbons (Fsp3) is 0.500. The lowest BCUT2D eigenvalue weighted by Gasteiger charge is -2.39. The van der Waals surface area contributed by atoms with Crippen LogP contribution in [0.3, 0.4) is 0 Å². The largest absolute Gasteiger partial charge is 0.497 e. The van der Waals surface area contributed by atoms with Gasteiger partial charge in [0.15, 0.2) is 0 Å². The number of hydrogen-bond donors (Lipinski definition) is 1. The van der Waals surface area contributed by atoms with Gasteiger partial charge in [0, 0.05) is 61.2 Å². The summed E-state index contributed by atoms with van der Waals surface area (Å²) >= 11 is 0.962. The van der Waals surface area contributed by atoms with Gasteiger partial charge in [-0.2, -0.15) is 0 Å². The second-order valence-electron chi connectivity index (χ2n) is 11.4. The Hall–Kier alpha value is -2.93. The topological polar surface area (TPSA) is 75.1 Å². The maximum absolute atomic E-state index is 16.4. The molecule has 2 aliphatic heterocycles. The highest BCUT2D eigenvalue weighted by molar-refractivity contribution is 7.99. The van der Waals surface area contributed by atoms with E-state index in [9.17, 15) is 23.1 Å². The third-order valence-electron chi connectivity index (χ3n) is 8.77. The van der Waals surface area contributed by atoms with Crippen LogP contribution < -0.4 is 4.74 Å². The van der Waals surface area contributed by atoms with Crippen LogP contribution in [-0.2, 0) is 16.1 Å². The zero-order chi connectivity index (χ0) is 31.3. The summed E-state index contributed by atoms with van der Waals surface area (Å²) in [6.45, 7) is 4.63. The number of carbonyl (C=O) groups is 1. The number of thioether (sulfide) groups is 1. The van der Waals surface area contributed by atoms with Crippen LogP contribution in [-0.4, -0.2) is 84.7 Å². The van der Waals surface area contributed by atoms with E-state index in [1.54, 1.807) is 31.5 Å². The minimum atomic E-state index is -1.41. The van der Waals surface area contributed by atoms with Gasteiger partial charge < -0.3 is 19.5 Å². The van der Waals surface area contributed by atoms with Crippen molar-refractivity contribution in [2.45, 2.75) is 43.3 Å². The molecule has 2 aromatic carbocycles. The Labute approximate surface area is 258 Å². The van der Waals surface area contributed by atoms with E-state index >= 15 is 4.39 Å². The van der Waals surface area contributed by atoms with Crippen molar-refractivity contribution in [3.8, 4) is 5.75 Å². The maximum atomic E-state index is 16.4. The van der Waals surface area contributed by atoms with E-state index in [-0.39, 0.29) is 17.7 Å². The van der Waals surface area contributed by atoms with Crippen LogP contribution in [0, 0.1) is 22.9 Å². The second kappa shape index (κ2) is 14.4. The highest BCUT2D eigenvalue weighted by Gasteiger charge is 2.42. The van der Waals surface area contributed by atoms with E-state index in [1.165, 1.54) is 0 Å². The van der Waals surface area contributed by atoms with Crippen LogP contribution in [0.2, 0.25) is 0 Å². The molecule has 1 aromatic heterocycles. The standard InChI is InChI=1S/C32H37F4N3O4S/c1-42-23-2-3-28-24(18-23)29(21(19-37-28)20-39-10-13-43-14-11-39)25(34)4-5-32(31(40)41)6-8-38(9-7-32)12-15-44-30-26(35)16-22(33)17-27(30)36/h2-3,16-19,25H,4-15,20H2,1H3,(H,40,41)/t25-/m1/s1. The third kappa shape index (κ3) is 7.47. The molecule has 0 bridgehead atoms. The van der Waals surface area contributed by atoms with Crippen LogP contribution in [0.5, 0.6) is 5.75 Å². The molecule has 2 aliphatic rings. The Bertz CT molecular complexity index is 1440. The number of fused-ring (bicyclic) bond motifs is 1. The Morgan fingerprint density at radius 3 is 2.45 bits per heavy atom. The van der Waals surface area contributed by atoms with Crippen molar-refractivity contribution in [3.63, 3.8) is 0 Å². The molecule has 3 aromatic rings. The summed E-state index contributed by atoms with van der Waals surface area (Å²) in [4.78, 5) is 21.2. The third-order valence-corrected chi connectivity index (χ3v) is 9.84. The van der Waals surface area contributed by atoms with Gasteiger partial charge in [0.25, 0.3) is 0 Å². The number of aliphatic carboxylic acids is 1. The monoisotopic (exact) mass is 635 g/mol. The first kappa shape index (κ1) is 32.5. The Morgan fingerprint density at radius 1 is 1.09 bits per heavy atom. The summed E-state index contributed by atoms with van der Waals surface area (Å²) in [6.07, 6.45) is 1.20. The second-order valence-corrected chi connectivity index (χ2v) is 12.6. The van der Waals surface area contributed by atoms with Crippen molar-refractivity contribution in [3.05, 3.63) is 65.1 Å². The first-order valence-corrected chi connectivity index (χ1v) is 15.8. The number of likely N-dealkylation sites (tertiary alicyclic amines) is 1. The zero-order valence-electron chi connectivity index (χ0n) is 24.7. The molecule has 1 N–H and O–H groups in total. The van der Waals surface area contributed by atoms with Gasteiger partial charge in [-0.3, -0.25) is 14.7 Å². The van der Waals surface area contributed by atoms with Crippen LogP contribution in [0.4, 0.5) is 17.6 Å². The van der Waals surface area contributed by atoms with Crippen molar-refractivity contribution >= 4 is 28.6 Å². The number of hydrogen-bond acceptors (Lipinski definition) is 7. The van der Waals surface area contributed by atoms with Crippen LogP contribution in [0.25, 0.3) is 10.9 Å². The van der Waals surface area contributed by atoms with Crippen molar-refractivity contribution in [1.29, 1.82) is 0 Å². The van der Waals surface area contributed by atoms with Gasteiger partial charge in [-0.15, -0.1) is 11.8 Å². The van der Waals surface area contributed by atoms with Crippen molar-refractivity contribution in [2.24, 2.45) is 5.41 Å².